The van der Waals surface area contributed by atoms with Crippen molar-refractivity contribution in [3.05, 3.63) is 32.5 Å². The van der Waals surface area contributed by atoms with Gasteiger partial charge in [0.1, 0.15) is 10.7 Å². The van der Waals surface area contributed by atoms with E-state index in [1.807, 2.05) is 20.8 Å². The molecule has 0 aromatic carbocycles. The van der Waals surface area contributed by atoms with E-state index in [1.54, 1.807) is 11.3 Å². The van der Waals surface area contributed by atoms with Gasteiger partial charge in [0.2, 0.25) is 0 Å². The Balaban J connectivity index is 1.69. The molecular formula is C16H16N4OS2. The van der Waals surface area contributed by atoms with E-state index in [4.69, 9.17) is 0 Å². The molecule has 1 aliphatic rings. The summed E-state index contributed by atoms with van der Waals surface area (Å²) in [5.41, 5.74) is 3.02. The Morgan fingerprint density at radius 3 is 2.70 bits per heavy atom. The average molecular weight is 344 g/mol. The van der Waals surface area contributed by atoms with Crippen molar-refractivity contribution in [2.24, 2.45) is 0 Å². The SMILES string of the molecule is Cc1nc(C)c2c(C)c(C(=O)Nc3nc4c(s3)CCC4)sc2n1. The van der Waals surface area contributed by atoms with E-state index in [0.29, 0.717) is 10.0 Å². The zero-order chi connectivity index (χ0) is 16.1. The van der Waals surface area contributed by atoms with Gasteiger partial charge >= 0.3 is 0 Å². The molecule has 0 aliphatic heterocycles. The molecule has 23 heavy (non-hydrogen) atoms. The van der Waals surface area contributed by atoms with Crippen LogP contribution in [-0.2, 0) is 12.8 Å². The third-order valence-corrected chi connectivity index (χ3v) is 6.36. The molecule has 0 spiro atoms. The summed E-state index contributed by atoms with van der Waals surface area (Å²) in [5.74, 6) is 0.634. The Bertz CT molecular complexity index is 920. The fourth-order valence-corrected chi connectivity index (χ4v) is 5.31. The number of rotatable bonds is 2. The minimum Gasteiger partial charge on any atom is -0.297 e. The number of carbonyl (C=O) groups excluding carboxylic acids is 1. The van der Waals surface area contributed by atoms with Crippen LogP contribution < -0.4 is 5.32 Å². The first-order valence-electron chi connectivity index (χ1n) is 7.57. The van der Waals surface area contributed by atoms with Crippen LogP contribution in [0.1, 0.15) is 43.7 Å². The van der Waals surface area contributed by atoms with E-state index < -0.39 is 0 Å². The fourth-order valence-electron chi connectivity index (χ4n) is 3.09. The van der Waals surface area contributed by atoms with Crippen LogP contribution in [-0.4, -0.2) is 20.9 Å². The molecule has 1 amide bonds. The molecule has 3 aromatic heterocycles. The second kappa shape index (κ2) is 5.35. The van der Waals surface area contributed by atoms with Gasteiger partial charge in [0.15, 0.2) is 5.13 Å². The predicted octanol–water partition coefficient (Wildman–Crippen LogP) is 3.81. The van der Waals surface area contributed by atoms with E-state index in [9.17, 15) is 4.79 Å². The molecule has 0 saturated carbocycles. The van der Waals surface area contributed by atoms with E-state index in [1.165, 1.54) is 22.6 Å². The van der Waals surface area contributed by atoms with Gasteiger partial charge in [-0.2, -0.15) is 0 Å². The van der Waals surface area contributed by atoms with Crippen molar-refractivity contribution in [3.8, 4) is 0 Å². The van der Waals surface area contributed by atoms with Crippen LogP contribution in [0.2, 0.25) is 0 Å². The highest BCUT2D eigenvalue weighted by molar-refractivity contribution is 7.21. The first-order valence-corrected chi connectivity index (χ1v) is 9.20. The highest BCUT2D eigenvalue weighted by atomic mass is 32.1. The molecule has 5 nitrogen and oxygen atoms in total. The van der Waals surface area contributed by atoms with E-state index in [0.717, 1.165) is 45.8 Å². The number of hydrogen-bond acceptors (Lipinski definition) is 6. The molecule has 0 unspecified atom stereocenters. The standard InChI is InChI=1S/C16H16N4OS2/c1-7-12-8(2)17-9(3)18-15(12)23-13(7)14(21)20-16-19-10-5-4-6-11(10)22-16/h4-6H2,1-3H3,(H,19,20,21). The van der Waals surface area contributed by atoms with Crippen LogP contribution in [0, 0.1) is 20.8 Å². The van der Waals surface area contributed by atoms with Gasteiger partial charge < -0.3 is 0 Å². The average Bonchev–Trinajstić information content (AvgIpc) is 3.11. The smallest absolute Gasteiger partial charge is 0.267 e. The van der Waals surface area contributed by atoms with E-state index in [2.05, 4.69) is 20.3 Å². The zero-order valence-corrected chi connectivity index (χ0v) is 14.8. The van der Waals surface area contributed by atoms with Crippen LogP contribution in [0.25, 0.3) is 10.2 Å². The van der Waals surface area contributed by atoms with Crippen LogP contribution in [0.3, 0.4) is 0 Å². The van der Waals surface area contributed by atoms with Crippen molar-refractivity contribution in [3.63, 3.8) is 0 Å². The van der Waals surface area contributed by atoms with Crippen LogP contribution in [0.5, 0.6) is 0 Å². The number of hydrogen-bond donors (Lipinski definition) is 1. The number of anilines is 1. The number of aromatic nitrogens is 3. The molecule has 0 fully saturated rings. The third kappa shape index (κ3) is 2.44. The largest absolute Gasteiger partial charge is 0.297 e. The molecule has 3 heterocycles. The lowest BCUT2D eigenvalue weighted by molar-refractivity contribution is 0.103. The summed E-state index contributed by atoms with van der Waals surface area (Å²) in [5, 5.41) is 4.65. The summed E-state index contributed by atoms with van der Waals surface area (Å²) in [6.07, 6.45) is 3.28. The van der Waals surface area contributed by atoms with Gasteiger partial charge in [-0.25, -0.2) is 15.0 Å². The lowest BCUT2D eigenvalue weighted by Gasteiger charge is -2.01. The molecule has 1 N–H and O–H groups in total. The Labute approximate surface area is 141 Å². The summed E-state index contributed by atoms with van der Waals surface area (Å²) in [6.45, 7) is 5.80. The summed E-state index contributed by atoms with van der Waals surface area (Å²) in [7, 11) is 0. The normalized spacial score (nSPS) is 13.5. The second-order valence-electron chi connectivity index (χ2n) is 5.79. The highest BCUT2D eigenvalue weighted by Gasteiger charge is 2.21. The number of amides is 1. The monoisotopic (exact) mass is 344 g/mol. The van der Waals surface area contributed by atoms with Gasteiger partial charge in [0.05, 0.1) is 10.6 Å². The maximum Gasteiger partial charge on any atom is 0.267 e. The molecule has 0 saturated heterocycles. The van der Waals surface area contributed by atoms with Gasteiger partial charge in [-0.1, -0.05) is 0 Å². The minimum absolute atomic E-state index is 0.102. The van der Waals surface area contributed by atoms with Crippen molar-refractivity contribution < 1.29 is 4.79 Å². The van der Waals surface area contributed by atoms with Crippen molar-refractivity contribution in [1.29, 1.82) is 0 Å². The van der Waals surface area contributed by atoms with Crippen LogP contribution in [0.4, 0.5) is 5.13 Å². The number of nitrogens with one attached hydrogen (secondary N) is 1. The molecule has 0 bridgehead atoms. The highest BCUT2D eigenvalue weighted by Crippen LogP contribution is 2.34. The Morgan fingerprint density at radius 1 is 1.09 bits per heavy atom. The van der Waals surface area contributed by atoms with Crippen LogP contribution >= 0.6 is 22.7 Å². The van der Waals surface area contributed by atoms with Gasteiger partial charge in [-0.15, -0.1) is 22.7 Å². The summed E-state index contributed by atoms with van der Waals surface area (Å²) >= 11 is 3.02. The zero-order valence-electron chi connectivity index (χ0n) is 13.2. The summed E-state index contributed by atoms with van der Waals surface area (Å²) < 4.78 is 0. The number of thiophene rings is 1. The first-order chi connectivity index (χ1) is 11.0. The van der Waals surface area contributed by atoms with Crippen molar-refractivity contribution in [1.82, 2.24) is 15.0 Å². The van der Waals surface area contributed by atoms with Gasteiger partial charge in [0, 0.05) is 16.0 Å². The van der Waals surface area contributed by atoms with E-state index >= 15 is 0 Å². The van der Waals surface area contributed by atoms with Gasteiger partial charge in [-0.05, 0) is 45.6 Å². The Kier molecular flexibility index (Phi) is 3.42. The molecule has 4 rings (SSSR count). The molecule has 0 radical (unpaired) electrons. The predicted molar refractivity (Wildman–Crippen MR) is 93.7 cm³/mol. The number of thiazole rings is 1. The molecule has 7 heteroatoms. The fraction of sp³-hybridized carbons (Fsp3) is 0.375. The topological polar surface area (TPSA) is 67.8 Å². The third-order valence-electron chi connectivity index (χ3n) is 4.11. The van der Waals surface area contributed by atoms with Crippen molar-refractivity contribution >= 4 is 43.9 Å². The maximum absolute atomic E-state index is 12.6. The minimum atomic E-state index is -0.102. The quantitative estimate of drug-likeness (QED) is 0.767. The van der Waals surface area contributed by atoms with Crippen molar-refractivity contribution in [2.45, 2.75) is 40.0 Å². The summed E-state index contributed by atoms with van der Waals surface area (Å²) in [4.78, 5) is 28.9. The van der Waals surface area contributed by atoms with Crippen LogP contribution in [0.15, 0.2) is 0 Å². The summed E-state index contributed by atoms with van der Waals surface area (Å²) in [6, 6.07) is 0. The molecular weight excluding hydrogens is 328 g/mol. The Hall–Kier alpha value is -1.86. The number of aryl methyl sites for hydroxylation is 5. The maximum atomic E-state index is 12.6. The van der Waals surface area contributed by atoms with Gasteiger partial charge in [-0.3, -0.25) is 10.1 Å². The first kappa shape index (κ1) is 14.7. The molecule has 118 valence electrons. The lowest BCUT2D eigenvalue weighted by Crippen LogP contribution is -2.11. The number of fused-ring (bicyclic) bond motifs is 2. The number of carbonyl (C=O) groups is 1. The molecule has 1 aliphatic carbocycles. The second-order valence-corrected chi connectivity index (χ2v) is 7.87. The van der Waals surface area contributed by atoms with Crippen molar-refractivity contribution in [2.75, 3.05) is 5.32 Å². The molecule has 0 atom stereocenters. The van der Waals surface area contributed by atoms with E-state index in [-0.39, 0.29) is 5.91 Å². The lowest BCUT2D eigenvalue weighted by atomic mass is 10.1. The van der Waals surface area contributed by atoms with Gasteiger partial charge in [0.25, 0.3) is 5.91 Å². The number of nitrogens with zero attached hydrogens (tertiary/aromatic N) is 3. The Morgan fingerprint density at radius 2 is 1.91 bits per heavy atom. The molecule has 3 aromatic rings.